The third-order valence-electron chi connectivity index (χ3n) is 2.91. The summed E-state index contributed by atoms with van der Waals surface area (Å²) in [4.78, 5) is 10.9. The first kappa shape index (κ1) is 16.4. The van der Waals surface area contributed by atoms with Crippen LogP contribution in [0.25, 0.3) is 0 Å². The van der Waals surface area contributed by atoms with E-state index in [2.05, 4.69) is 11.7 Å². The van der Waals surface area contributed by atoms with Crippen LogP contribution in [0.4, 0.5) is 0 Å². The van der Waals surface area contributed by atoms with Crippen LogP contribution in [0, 0.1) is 0 Å². The molecule has 17 heavy (non-hydrogen) atoms. The normalized spacial score (nSPS) is 14.4. The quantitative estimate of drug-likeness (QED) is 0.457. The molecule has 0 aliphatic rings. The van der Waals surface area contributed by atoms with E-state index in [0.717, 1.165) is 19.3 Å². The first-order valence-electron chi connectivity index (χ1n) is 6.57. The first-order valence-corrected chi connectivity index (χ1v) is 6.57. The molecule has 0 bridgehead atoms. The van der Waals surface area contributed by atoms with Gasteiger partial charge in [0.2, 0.25) is 0 Å². The van der Waals surface area contributed by atoms with Gasteiger partial charge in [-0.15, -0.1) is 0 Å². The molecule has 0 aromatic carbocycles. The molecule has 0 heterocycles. The zero-order valence-corrected chi connectivity index (χ0v) is 11.0. The number of hydrogen-bond donors (Lipinski definition) is 2. The van der Waals surface area contributed by atoms with Gasteiger partial charge < -0.3 is 14.9 Å². The summed E-state index contributed by atoms with van der Waals surface area (Å²) in [5.74, 6) is -0.763. The van der Waals surface area contributed by atoms with Gasteiger partial charge in [0.15, 0.2) is 6.10 Å². The van der Waals surface area contributed by atoms with Gasteiger partial charge in [-0.1, -0.05) is 51.9 Å². The number of hydrogen-bond acceptors (Lipinski definition) is 4. The predicted octanol–water partition coefficient (Wildman–Crippen LogP) is 2.02. The van der Waals surface area contributed by atoms with E-state index < -0.39 is 18.2 Å². The fourth-order valence-corrected chi connectivity index (χ4v) is 1.75. The van der Waals surface area contributed by atoms with Crippen molar-refractivity contribution < 1.29 is 19.7 Å². The van der Waals surface area contributed by atoms with Crippen molar-refractivity contribution in [1.82, 2.24) is 0 Å². The summed E-state index contributed by atoms with van der Waals surface area (Å²) in [7, 11) is 1.20. The molecule has 0 unspecified atom stereocenters. The Morgan fingerprint density at radius 2 is 1.59 bits per heavy atom. The maximum atomic E-state index is 10.9. The molecule has 0 fully saturated rings. The molecule has 0 radical (unpaired) electrons. The smallest absolute Gasteiger partial charge is 0.337 e. The summed E-state index contributed by atoms with van der Waals surface area (Å²) >= 11 is 0. The SMILES string of the molecule is CCCCCCCCC[C@H](O)[C@@H](O)C(=O)OC. The third-order valence-corrected chi connectivity index (χ3v) is 2.91. The van der Waals surface area contributed by atoms with E-state index in [-0.39, 0.29) is 0 Å². The first-order chi connectivity index (χ1) is 8.13. The van der Waals surface area contributed by atoms with E-state index in [0.29, 0.717) is 6.42 Å². The lowest BCUT2D eigenvalue weighted by Crippen LogP contribution is -2.34. The van der Waals surface area contributed by atoms with Crippen LogP contribution < -0.4 is 0 Å². The number of unbranched alkanes of at least 4 members (excludes halogenated alkanes) is 6. The molecule has 0 rings (SSSR count). The van der Waals surface area contributed by atoms with Crippen LogP contribution in [0.2, 0.25) is 0 Å². The van der Waals surface area contributed by atoms with Crippen molar-refractivity contribution in [3.8, 4) is 0 Å². The van der Waals surface area contributed by atoms with Gasteiger partial charge in [-0.25, -0.2) is 4.79 Å². The average Bonchev–Trinajstić information content (AvgIpc) is 2.35. The minimum absolute atomic E-state index is 0.448. The molecule has 0 aliphatic heterocycles. The molecule has 0 saturated carbocycles. The number of aliphatic hydroxyl groups excluding tert-OH is 2. The zero-order chi connectivity index (χ0) is 13.1. The summed E-state index contributed by atoms with van der Waals surface area (Å²) < 4.78 is 4.36. The van der Waals surface area contributed by atoms with Crippen molar-refractivity contribution in [1.29, 1.82) is 0 Å². The number of methoxy groups -OCH3 is 1. The highest BCUT2D eigenvalue weighted by atomic mass is 16.5. The summed E-state index contributed by atoms with van der Waals surface area (Å²) in [6, 6.07) is 0. The van der Waals surface area contributed by atoms with Crippen molar-refractivity contribution in [2.75, 3.05) is 7.11 Å². The van der Waals surface area contributed by atoms with Crippen LogP contribution in [0.1, 0.15) is 58.3 Å². The number of carbonyl (C=O) groups excluding carboxylic acids is 1. The van der Waals surface area contributed by atoms with Crippen molar-refractivity contribution in [3.05, 3.63) is 0 Å². The molecule has 2 N–H and O–H groups in total. The summed E-state index contributed by atoms with van der Waals surface area (Å²) in [5, 5.41) is 18.8. The van der Waals surface area contributed by atoms with Crippen molar-refractivity contribution in [3.63, 3.8) is 0 Å². The van der Waals surface area contributed by atoms with Gasteiger partial charge in [-0.3, -0.25) is 0 Å². The lowest BCUT2D eigenvalue weighted by molar-refractivity contribution is -0.156. The second-order valence-corrected chi connectivity index (χ2v) is 4.45. The molecule has 102 valence electrons. The van der Waals surface area contributed by atoms with Gasteiger partial charge in [-0.2, -0.15) is 0 Å². The second-order valence-electron chi connectivity index (χ2n) is 4.45. The Bertz CT molecular complexity index is 194. The van der Waals surface area contributed by atoms with Crippen LogP contribution in [-0.2, 0) is 9.53 Å². The highest BCUT2D eigenvalue weighted by molar-refractivity contribution is 5.74. The molecule has 0 saturated heterocycles. The van der Waals surface area contributed by atoms with Crippen LogP contribution in [-0.4, -0.2) is 35.5 Å². The second kappa shape index (κ2) is 10.5. The number of ether oxygens (including phenoxy) is 1. The van der Waals surface area contributed by atoms with Crippen molar-refractivity contribution in [2.45, 2.75) is 70.5 Å². The van der Waals surface area contributed by atoms with Gasteiger partial charge in [-0.05, 0) is 6.42 Å². The number of esters is 1. The van der Waals surface area contributed by atoms with Crippen molar-refractivity contribution >= 4 is 5.97 Å². The molecular weight excluding hydrogens is 220 g/mol. The largest absolute Gasteiger partial charge is 0.467 e. The van der Waals surface area contributed by atoms with Gasteiger partial charge in [0, 0.05) is 0 Å². The Morgan fingerprint density at radius 1 is 1.06 bits per heavy atom. The Balaban J connectivity index is 3.44. The highest BCUT2D eigenvalue weighted by Crippen LogP contribution is 2.11. The molecule has 0 aliphatic carbocycles. The molecule has 4 heteroatoms. The van der Waals surface area contributed by atoms with Gasteiger partial charge in [0.25, 0.3) is 0 Å². The minimum Gasteiger partial charge on any atom is -0.467 e. The van der Waals surface area contributed by atoms with E-state index >= 15 is 0 Å². The fraction of sp³-hybridized carbons (Fsp3) is 0.923. The summed E-state index contributed by atoms with van der Waals surface area (Å²) in [6.45, 7) is 2.19. The van der Waals surface area contributed by atoms with Crippen LogP contribution in [0.3, 0.4) is 0 Å². The Hall–Kier alpha value is -0.610. The molecule has 0 amide bonds. The summed E-state index contributed by atoms with van der Waals surface area (Å²) in [5.41, 5.74) is 0. The zero-order valence-electron chi connectivity index (χ0n) is 11.0. The molecule has 0 spiro atoms. The van der Waals surface area contributed by atoms with E-state index in [9.17, 15) is 15.0 Å². The number of rotatable bonds is 10. The third kappa shape index (κ3) is 8.16. The molecule has 0 aromatic heterocycles. The number of aliphatic hydroxyl groups is 2. The maximum absolute atomic E-state index is 10.9. The van der Waals surface area contributed by atoms with Gasteiger partial charge in [0.1, 0.15) is 0 Å². The van der Waals surface area contributed by atoms with Crippen LogP contribution in [0.5, 0.6) is 0 Å². The molecular formula is C13H26O4. The highest BCUT2D eigenvalue weighted by Gasteiger charge is 2.24. The van der Waals surface area contributed by atoms with E-state index in [1.165, 1.54) is 32.8 Å². The Morgan fingerprint density at radius 3 is 2.12 bits per heavy atom. The monoisotopic (exact) mass is 246 g/mol. The fourth-order valence-electron chi connectivity index (χ4n) is 1.75. The molecule has 0 aromatic rings. The van der Waals surface area contributed by atoms with E-state index in [1.807, 2.05) is 0 Å². The molecule has 2 atom stereocenters. The van der Waals surface area contributed by atoms with Crippen LogP contribution >= 0.6 is 0 Å². The van der Waals surface area contributed by atoms with Gasteiger partial charge in [0.05, 0.1) is 13.2 Å². The minimum atomic E-state index is -1.40. The maximum Gasteiger partial charge on any atom is 0.337 e. The predicted molar refractivity (Wildman–Crippen MR) is 66.6 cm³/mol. The van der Waals surface area contributed by atoms with E-state index in [4.69, 9.17) is 0 Å². The van der Waals surface area contributed by atoms with E-state index in [1.54, 1.807) is 0 Å². The standard InChI is InChI=1S/C13H26O4/c1-3-4-5-6-7-8-9-10-11(14)12(15)13(16)17-2/h11-12,14-15H,3-10H2,1-2H3/t11-,12+/m0/s1. The Kier molecular flexibility index (Phi) is 10.2. The lowest BCUT2D eigenvalue weighted by atomic mass is 10.0. The van der Waals surface area contributed by atoms with Gasteiger partial charge >= 0.3 is 5.97 Å². The lowest BCUT2D eigenvalue weighted by Gasteiger charge is -2.15. The average molecular weight is 246 g/mol. The molecule has 4 nitrogen and oxygen atoms in total. The van der Waals surface area contributed by atoms with Crippen molar-refractivity contribution in [2.24, 2.45) is 0 Å². The number of carbonyl (C=O) groups is 1. The van der Waals surface area contributed by atoms with Crippen LogP contribution in [0.15, 0.2) is 0 Å². The topological polar surface area (TPSA) is 66.8 Å². The Labute approximate surface area is 104 Å². The summed E-state index contributed by atoms with van der Waals surface area (Å²) in [6.07, 6.45) is 6.08.